The van der Waals surface area contributed by atoms with Crippen molar-refractivity contribution in [2.45, 2.75) is 52.8 Å². The number of para-hydroxylation sites is 2. The van der Waals surface area contributed by atoms with Crippen molar-refractivity contribution in [3.05, 3.63) is 36.2 Å². The van der Waals surface area contributed by atoms with Gasteiger partial charge >= 0.3 is 5.97 Å². The largest absolute Gasteiger partial charge is 0.449 e. The lowest BCUT2D eigenvalue weighted by molar-refractivity contribution is -0.157. The Morgan fingerprint density at radius 1 is 1.12 bits per heavy atom. The molecule has 1 heterocycles. The van der Waals surface area contributed by atoms with Gasteiger partial charge in [-0.15, -0.1) is 0 Å². The lowest BCUT2D eigenvalue weighted by Crippen LogP contribution is -2.47. The number of amides is 1. The predicted molar refractivity (Wildman–Crippen MR) is 95.7 cm³/mol. The molecule has 0 aliphatic carbocycles. The van der Waals surface area contributed by atoms with Gasteiger partial charge in [0.15, 0.2) is 11.7 Å². The van der Waals surface area contributed by atoms with E-state index in [1.54, 1.807) is 17.9 Å². The number of ether oxygens (including phenoxy) is 1. The van der Waals surface area contributed by atoms with E-state index < -0.39 is 12.1 Å². The molecule has 25 heavy (non-hydrogen) atoms. The monoisotopic (exact) mass is 344 g/mol. The molecule has 0 saturated carbocycles. The molecule has 0 unspecified atom stereocenters. The van der Waals surface area contributed by atoms with Crippen LogP contribution >= 0.6 is 0 Å². The summed E-state index contributed by atoms with van der Waals surface area (Å²) in [4.78, 5) is 30.3. The first-order valence-corrected chi connectivity index (χ1v) is 8.36. The van der Waals surface area contributed by atoms with Crippen LogP contribution in [0.15, 0.2) is 34.8 Å². The molecule has 1 atom stereocenters. The highest BCUT2D eigenvalue weighted by Crippen LogP contribution is 2.15. The molecular weight excluding hydrogens is 320 g/mol. The van der Waals surface area contributed by atoms with Crippen molar-refractivity contribution >= 4 is 29.1 Å². The molecule has 0 bridgehead atoms. The zero-order chi connectivity index (χ0) is 18.6. The summed E-state index contributed by atoms with van der Waals surface area (Å²) in [5.74, 6) is -0.521. The second-order valence-corrected chi connectivity index (χ2v) is 6.37. The summed E-state index contributed by atoms with van der Waals surface area (Å²) in [6.45, 7) is 9.30. The van der Waals surface area contributed by atoms with E-state index in [0.29, 0.717) is 17.0 Å². The maximum absolute atomic E-state index is 12.4. The van der Waals surface area contributed by atoms with Crippen LogP contribution in [0.1, 0.15) is 40.5 Å². The molecule has 1 aromatic carbocycles. The first-order chi connectivity index (χ1) is 11.8. The van der Waals surface area contributed by atoms with Gasteiger partial charge in [-0.2, -0.15) is 0 Å². The van der Waals surface area contributed by atoms with Crippen LogP contribution in [0.3, 0.4) is 0 Å². The first kappa shape index (κ1) is 18.7. The molecule has 1 amide bonds. The van der Waals surface area contributed by atoms with Crippen molar-refractivity contribution < 1.29 is 18.7 Å². The summed E-state index contributed by atoms with van der Waals surface area (Å²) in [5, 5.41) is 0. The van der Waals surface area contributed by atoms with Crippen molar-refractivity contribution in [2.75, 3.05) is 0 Å². The van der Waals surface area contributed by atoms with Crippen LogP contribution in [-0.4, -0.2) is 39.9 Å². The van der Waals surface area contributed by atoms with Gasteiger partial charge in [-0.05, 0) is 46.8 Å². The lowest BCUT2D eigenvalue weighted by Gasteiger charge is -2.32. The van der Waals surface area contributed by atoms with E-state index in [2.05, 4.69) is 4.98 Å². The van der Waals surface area contributed by atoms with Crippen LogP contribution < -0.4 is 0 Å². The average Bonchev–Trinajstić information content (AvgIpc) is 2.95. The van der Waals surface area contributed by atoms with E-state index in [0.717, 1.165) is 0 Å². The third kappa shape index (κ3) is 4.68. The van der Waals surface area contributed by atoms with E-state index in [-0.39, 0.29) is 18.0 Å². The molecule has 0 N–H and O–H groups in total. The van der Waals surface area contributed by atoms with Crippen molar-refractivity contribution in [3.8, 4) is 0 Å². The normalized spacial score (nSPS) is 12.9. The minimum Gasteiger partial charge on any atom is -0.449 e. The van der Waals surface area contributed by atoms with Crippen LogP contribution in [0.5, 0.6) is 0 Å². The Morgan fingerprint density at radius 2 is 1.76 bits per heavy atom. The topological polar surface area (TPSA) is 72.6 Å². The molecule has 134 valence electrons. The fourth-order valence-electron chi connectivity index (χ4n) is 2.68. The van der Waals surface area contributed by atoms with Crippen molar-refractivity contribution in [1.29, 1.82) is 0 Å². The summed E-state index contributed by atoms with van der Waals surface area (Å²) >= 11 is 0. The molecule has 0 aliphatic heterocycles. The van der Waals surface area contributed by atoms with Gasteiger partial charge in [0.05, 0.1) is 0 Å². The lowest BCUT2D eigenvalue weighted by atomic mass is 10.2. The number of benzene rings is 1. The highest BCUT2D eigenvalue weighted by atomic mass is 16.5. The quantitative estimate of drug-likeness (QED) is 0.593. The number of fused-ring (bicyclic) bond motifs is 1. The predicted octanol–water partition coefficient (Wildman–Crippen LogP) is 3.42. The van der Waals surface area contributed by atoms with E-state index >= 15 is 0 Å². The second-order valence-electron chi connectivity index (χ2n) is 6.37. The highest BCUT2D eigenvalue weighted by molar-refractivity contribution is 5.90. The Balaban J connectivity index is 1.99. The van der Waals surface area contributed by atoms with E-state index in [9.17, 15) is 9.59 Å². The Labute approximate surface area is 147 Å². The number of carbonyl (C=O) groups excluding carboxylic acids is 2. The summed E-state index contributed by atoms with van der Waals surface area (Å²) in [5.41, 5.74) is 1.35. The van der Waals surface area contributed by atoms with Crippen LogP contribution in [0.4, 0.5) is 0 Å². The molecule has 2 rings (SSSR count). The highest BCUT2D eigenvalue weighted by Gasteiger charge is 2.27. The maximum atomic E-state index is 12.4. The van der Waals surface area contributed by atoms with Crippen LogP contribution in [0.2, 0.25) is 0 Å². The van der Waals surface area contributed by atoms with Gasteiger partial charge in [-0.3, -0.25) is 4.79 Å². The van der Waals surface area contributed by atoms with E-state index in [1.807, 2.05) is 45.9 Å². The van der Waals surface area contributed by atoms with Crippen LogP contribution in [-0.2, 0) is 14.3 Å². The molecule has 0 aliphatic rings. The second kappa shape index (κ2) is 7.96. The maximum Gasteiger partial charge on any atom is 0.331 e. The van der Waals surface area contributed by atoms with Gasteiger partial charge in [0, 0.05) is 24.2 Å². The number of aromatic nitrogens is 1. The van der Waals surface area contributed by atoms with Gasteiger partial charge in [-0.1, -0.05) is 12.1 Å². The minimum atomic E-state index is -0.856. The number of hydrogen-bond acceptors (Lipinski definition) is 5. The fourth-order valence-corrected chi connectivity index (χ4v) is 2.68. The molecule has 0 radical (unpaired) electrons. The molecule has 2 aromatic rings. The van der Waals surface area contributed by atoms with Crippen molar-refractivity contribution in [2.24, 2.45) is 0 Å². The number of oxazole rings is 1. The number of nitrogens with zero attached hydrogens (tertiary/aromatic N) is 2. The van der Waals surface area contributed by atoms with Gasteiger partial charge < -0.3 is 14.1 Å². The fraction of sp³-hybridized carbons (Fsp3) is 0.421. The molecular formula is C19H24N2O4. The van der Waals surface area contributed by atoms with Crippen LogP contribution in [0.25, 0.3) is 17.2 Å². The summed E-state index contributed by atoms with van der Waals surface area (Å²) in [7, 11) is 0. The average molecular weight is 344 g/mol. The Morgan fingerprint density at radius 3 is 2.36 bits per heavy atom. The summed E-state index contributed by atoms with van der Waals surface area (Å²) in [6, 6.07) is 7.38. The number of rotatable bonds is 6. The number of carbonyl (C=O) groups is 2. The first-order valence-electron chi connectivity index (χ1n) is 8.36. The molecule has 0 spiro atoms. The van der Waals surface area contributed by atoms with E-state index in [1.165, 1.54) is 12.2 Å². The number of hydrogen-bond donors (Lipinski definition) is 0. The van der Waals surface area contributed by atoms with Gasteiger partial charge in [0.2, 0.25) is 5.89 Å². The third-order valence-electron chi connectivity index (χ3n) is 3.68. The summed E-state index contributed by atoms with van der Waals surface area (Å²) < 4.78 is 10.7. The zero-order valence-electron chi connectivity index (χ0n) is 15.2. The standard InChI is InChI=1S/C19H24N2O4/c1-12(2)21(13(3)4)19(23)14(5)24-18(22)11-10-17-20-15-8-6-7-9-16(15)25-17/h6-14H,1-5H3/b11-10+/t14-/m1/s1. The zero-order valence-corrected chi connectivity index (χ0v) is 15.2. The van der Waals surface area contributed by atoms with Crippen LogP contribution in [0, 0.1) is 0 Å². The minimum absolute atomic E-state index is 0.0314. The van der Waals surface area contributed by atoms with Gasteiger partial charge in [0.1, 0.15) is 5.52 Å². The smallest absolute Gasteiger partial charge is 0.331 e. The SMILES string of the molecule is CC(C)N(C(=O)[C@@H](C)OC(=O)/C=C/c1nc2ccccc2o1)C(C)C. The Hall–Kier alpha value is -2.63. The van der Waals surface area contributed by atoms with E-state index in [4.69, 9.17) is 9.15 Å². The molecule has 0 saturated heterocycles. The van der Waals surface area contributed by atoms with Gasteiger partial charge in [-0.25, -0.2) is 9.78 Å². The van der Waals surface area contributed by atoms with Crippen molar-refractivity contribution in [3.63, 3.8) is 0 Å². The van der Waals surface area contributed by atoms with Gasteiger partial charge in [0.25, 0.3) is 5.91 Å². The molecule has 6 nitrogen and oxygen atoms in total. The molecule has 0 fully saturated rings. The Bertz CT molecular complexity index is 736. The molecule has 1 aromatic heterocycles. The molecule has 6 heteroatoms. The Kier molecular flexibility index (Phi) is 5.96. The third-order valence-corrected chi connectivity index (χ3v) is 3.68. The summed E-state index contributed by atoms with van der Waals surface area (Å²) in [6.07, 6.45) is 1.79. The van der Waals surface area contributed by atoms with Crippen molar-refractivity contribution in [1.82, 2.24) is 9.88 Å². The number of esters is 1.